The molecule has 1 aromatic rings. The molecule has 1 rings (SSSR count). The zero-order valence-electron chi connectivity index (χ0n) is 7.14. The molecular formula is C10H10N2O. The van der Waals surface area contributed by atoms with Gasteiger partial charge in [0.1, 0.15) is 11.8 Å². The predicted molar refractivity (Wildman–Crippen MR) is 48.7 cm³/mol. The summed E-state index contributed by atoms with van der Waals surface area (Å²) in [4.78, 5) is 3.85. The van der Waals surface area contributed by atoms with Crippen molar-refractivity contribution < 1.29 is 5.11 Å². The SMILES string of the molecule is C=CCC(O)c1cccnc1C#N. The van der Waals surface area contributed by atoms with Crippen LogP contribution in [0.4, 0.5) is 0 Å². The van der Waals surface area contributed by atoms with Crippen molar-refractivity contribution in [1.82, 2.24) is 4.98 Å². The lowest BCUT2D eigenvalue weighted by Gasteiger charge is -2.08. The van der Waals surface area contributed by atoms with Crippen molar-refractivity contribution in [2.24, 2.45) is 0 Å². The van der Waals surface area contributed by atoms with Gasteiger partial charge in [0.15, 0.2) is 0 Å². The minimum absolute atomic E-state index is 0.275. The Labute approximate surface area is 77.0 Å². The summed E-state index contributed by atoms with van der Waals surface area (Å²) in [7, 11) is 0. The van der Waals surface area contributed by atoms with E-state index in [4.69, 9.17) is 5.26 Å². The molecule has 0 aromatic carbocycles. The van der Waals surface area contributed by atoms with E-state index in [0.29, 0.717) is 12.0 Å². The first-order valence-corrected chi connectivity index (χ1v) is 3.93. The Hall–Kier alpha value is -1.66. The van der Waals surface area contributed by atoms with E-state index in [1.165, 1.54) is 6.20 Å². The zero-order chi connectivity index (χ0) is 9.68. The van der Waals surface area contributed by atoms with E-state index in [-0.39, 0.29) is 5.69 Å². The molecule has 0 spiro atoms. The van der Waals surface area contributed by atoms with Crippen LogP contribution in [0, 0.1) is 11.3 Å². The van der Waals surface area contributed by atoms with E-state index in [9.17, 15) is 5.11 Å². The Morgan fingerprint density at radius 1 is 1.77 bits per heavy atom. The molecule has 1 unspecified atom stereocenters. The molecule has 0 saturated carbocycles. The second-order valence-electron chi connectivity index (χ2n) is 2.59. The van der Waals surface area contributed by atoms with Crippen molar-refractivity contribution in [3.63, 3.8) is 0 Å². The van der Waals surface area contributed by atoms with Crippen LogP contribution in [0.1, 0.15) is 23.8 Å². The molecule has 0 aliphatic rings. The molecule has 13 heavy (non-hydrogen) atoms. The van der Waals surface area contributed by atoms with Gasteiger partial charge in [0.05, 0.1) is 6.10 Å². The van der Waals surface area contributed by atoms with Crippen molar-refractivity contribution in [3.8, 4) is 6.07 Å². The number of aliphatic hydroxyl groups is 1. The highest BCUT2D eigenvalue weighted by molar-refractivity contribution is 5.32. The second kappa shape index (κ2) is 4.39. The first kappa shape index (κ1) is 9.43. The molecule has 0 amide bonds. The number of hydrogen-bond donors (Lipinski definition) is 1. The van der Waals surface area contributed by atoms with Gasteiger partial charge >= 0.3 is 0 Å². The summed E-state index contributed by atoms with van der Waals surface area (Å²) >= 11 is 0. The fourth-order valence-corrected chi connectivity index (χ4v) is 1.06. The smallest absolute Gasteiger partial charge is 0.146 e. The van der Waals surface area contributed by atoms with Gasteiger partial charge in [-0.3, -0.25) is 0 Å². The van der Waals surface area contributed by atoms with Gasteiger partial charge in [-0.25, -0.2) is 4.98 Å². The van der Waals surface area contributed by atoms with Crippen molar-refractivity contribution >= 4 is 0 Å². The van der Waals surface area contributed by atoms with Gasteiger partial charge < -0.3 is 5.11 Å². The molecular weight excluding hydrogens is 164 g/mol. The Morgan fingerprint density at radius 2 is 2.54 bits per heavy atom. The lowest BCUT2D eigenvalue weighted by molar-refractivity contribution is 0.181. The number of nitriles is 1. The summed E-state index contributed by atoms with van der Waals surface area (Å²) in [6, 6.07) is 5.32. The van der Waals surface area contributed by atoms with Gasteiger partial charge in [0, 0.05) is 11.8 Å². The minimum Gasteiger partial charge on any atom is -0.388 e. The number of pyridine rings is 1. The lowest BCUT2D eigenvalue weighted by atomic mass is 10.1. The van der Waals surface area contributed by atoms with Crippen LogP contribution in [0.5, 0.6) is 0 Å². The Balaban J connectivity index is 2.99. The highest BCUT2D eigenvalue weighted by atomic mass is 16.3. The molecule has 0 saturated heterocycles. The van der Waals surface area contributed by atoms with Gasteiger partial charge in [-0.1, -0.05) is 12.1 Å². The van der Waals surface area contributed by atoms with Gasteiger partial charge in [-0.15, -0.1) is 6.58 Å². The first-order valence-electron chi connectivity index (χ1n) is 3.93. The molecule has 0 radical (unpaired) electrons. The zero-order valence-corrected chi connectivity index (χ0v) is 7.14. The van der Waals surface area contributed by atoms with Crippen LogP contribution in [0.15, 0.2) is 31.0 Å². The molecule has 1 heterocycles. The van der Waals surface area contributed by atoms with Gasteiger partial charge in [-0.2, -0.15) is 5.26 Å². The molecule has 3 heteroatoms. The monoisotopic (exact) mass is 174 g/mol. The van der Waals surface area contributed by atoms with Crippen LogP contribution in [0.2, 0.25) is 0 Å². The average Bonchev–Trinajstić information content (AvgIpc) is 2.18. The summed E-state index contributed by atoms with van der Waals surface area (Å²) in [6.07, 6.45) is 2.89. The first-order chi connectivity index (χ1) is 6.29. The summed E-state index contributed by atoms with van der Waals surface area (Å²) in [5.74, 6) is 0. The molecule has 0 aliphatic carbocycles. The maximum absolute atomic E-state index is 9.57. The molecule has 1 aromatic heterocycles. The standard InChI is InChI=1S/C10H10N2O/c1-2-4-10(13)8-5-3-6-12-9(8)7-11/h2-3,5-6,10,13H,1,4H2. The third-order valence-corrected chi connectivity index (χ3v) is 1.69. The highest BCUT2D eigenvalue weighted by Gasteiger charge is 2.10. The Bertz CT molecular complexity index is 341. The lowest BCUT2D eigenvalue weighted by Crippen LogP contribution is -2.00. The van der Waals surface area contributed by atoms with Crippen LogP contribution in [0.3, 0.4) is 0 Å². The number of aliphatic hydroxyl groups excluding tert-OH is 1. The number of aromatic nitrogens is 1. The third kappa shape index (κ3) is 2.14. The molecule has 1 atom stereocenters. The van der Waals surface area contributed by atoms with E-state index in [2.05, 4.69) is 11.6 Å². The molecule has 0 fully saturated rings. The van der Waals surface area contributed by atoms with Crippen molar-refractivity contribution in [2.45, 2.75) is 12.5 Å². The molecule has 1 N–H and O–H groups in total. The van der Waals surface area contributed by atoms with Gasteiger partial charge in [-0.05, 0) is 12.5 Å². The van der Waals surface area contributed by atoms with Gasteiger partial charge in [0.25, 0.3) is 0 Å². The predicted octanol–water partition coefficient (Wildman–Crippen LogP) is 1.56. The van der Waals surface area contributed by atoms with E-state index in [0.717, 1.165) is 0 Å². The maximum Gasteiger partial charge on any atom is 0.146 e. The molecule has 0 aliphatic heterocycles. The normalized spacial score (nSPS) is 11.7. The number of rotatable bonds is 3. The van der Waals surface area contributed by atoms with Crippen molar-refractivity contribution in [1.29, 1.82) is 5.26 Å². The maximum atomic E-state index is 9.57. The molecule has 0 bridgehead atoms. The Kier molecular flexibility index (Phi) is 3.18. The van der Waals surface area contributed by atoms with Crippen LogP contribution in [-0.2, 0) is 0 Å². The molecule has 3 nitrogen and oxygen atoms in total. The summed E-state index contributed by atoms with van der Waals surface area (Å²) in [6.45, 7) is 3.52. The largest absolute Gasteiger partial charge is 0.388 e. The number of hydrogen-bond acceptors (Lipinski definition) is 3. The van der Waals surface area contributed by atoms with Crippen molar-refractivity contribution in [3.05, 3.63) is 42.2 Å². The summed E-state index contributed by atoms with van der Waals surface area (Å²) < 4.78 is 0. The third-order valence-electron chi connectivity index (χ3n) is 1.69. The van der Waals surface area contributed by atoms with E-state index >= 15 is 0 Å². The van der Waals surface area contributed by atoms with Crippen LogP contribution in [-0.4, -0.2) is 10.1 Å². The van der Waals surface area contributed by atoms with E-state index in [1.54, 1.807) is 18.2 Å². The van der Waals surface area contributed by atoms with E-state index in [1.807, 2.05) is 6.07 Å². The van der Waals surface area contributed by atoms with E-state index < -0.39 is 6.10 Å². The molecule has 66 valence electrons. The van der Waals surface area contributed by atoms with Crippen LogP contribution in [0.25, 0.3) is 0 Å². The highest BCUT2D eigenvalue weighted by Crippen LogP contribution is 2.18. The average molecular weight is 174 g/mol. The Morgan fingerprint density at radius 3 is 3.15 bits per heavy atom. The second-order valence-corrected chi connectivity index (χ2v) is 2.59. The fraction of sp³-hybridized carbons (Fsp3) is 0.200. The number of nitrogens with zero attached hydrogens (tertiary/aromatic N) is 2. The van der Waals surface area contributed by atoms with Crippen molar-refractivity contribution in [2.75, 3.05) is 0 Å². The van der Waals surface area contributed by atoms with Gasteiger partial charge in [0.2, 0.25) is 0 Å². The fourth-order valence-electron chi connectivity index (χ4n) is 1.06. The summed E-state index contributed by atoms with van der Waals surface area (Å²) in [5, 5.41) is 18.3. The minimum atomic E-state index is -0.680. The topological polar surface area (TPSA) is 56.9 Å². The summed E-state index contributed by atoms with van der Waals surface area (Å²) in [5.41, 5.74) is 0.835. The van der Waals surface area contributed by atoms with Crippen LogP contribution < -0.4 is 0 Å². The van der Waals surface area contributed by atoms with Crippen LogP contribution >= 0.6 is 0 Å². The quantitative estimate of drug-likeness (QED) is 0.707.